The number of primary amides is 1. The Kier molecular flexibility index (Phi) is 6.76. The van der Waals surface area contributed by atoms with Gasteiger partial charge in [-0.15, -0.1) is 6.58 Å². The number of pyridine rings is 1. The number of carbonyl (C=O) groups is 1. The van der Waals surface area contributed by atoms with Gasteiger partial charge in [-0.2, -0.15) is 0 Å². The molecule has 0 radical (unpaired) electrons. The minimum atomic E-state index is -3.60. The summed E-state index contributed by atoms with van der Waals surface area (Å²) in [4.78, 5) is 30.8. The number of hydrogen-bond acceptors (Lipinski definition) is 8. The first-order chi connectivity index (χ1) is 16.7. The van der Waals surface area contributed by atoms with Crippen LogP contribution in [0.5, 0.6) is 0 Å². The third kappa shape index (κ3) is 5.28. The van der Waals surface area contributed by atoms with Crippen molar-refractivity contribution < 1.29 is 13.2 Å². The Morgan fingerprint density at radius 2 is 1.91 bits per heavy atom. The molecule has 0 spiro atoms. The first kappa shape index (κ1) is 24.2. The average molecular weight is 510 g/mol. The summed E-state index contributed by atoms with van der Waals surface area (Å²) in [6.07, 6.45) is 6.13. The molecule has 12 heteroatoms. The fraction of sp³-hybridized carbons (Fsp3) is 0.174. The molecular weight excluding hydrogens is 486 g/mol. The summed E-state index contributed by atoms with van der Waals surface area (Å²) in [6.45, 7) is 7.61. The molecular formula is C23H23N7O3S2. The molecule has 3 N–H and O–H groups in total. The van der Waals surface area contributed by atoms with Crippen LogP contribution in [0.15, 0.2) is 55.5 Å². The van der Waals surface area contributed by atoms with Gasteiger partial charge in [-0.1, -0.05) is 23.5 Å². The Balaban J connectivity index is 1.82. The zero-order valence-electron chi connectivity index (χ0n) is 19.1. The van der Waals surface area contributed by atoms with E-state index in [1.165, 1.54) is 34.7 Å². The van der Waals surface area contributed by atoms with Gasteiger partial charge in [0, 0.05) is 36.3 Å². The van der Waals surface area contributed by atoms with Crippen LogP contribution in [0.25, 0.3) is 32.6 Å². The molecule has 0 unspecified atom stereocenters. The largest absolute Gasteiger partial charge is 0.351 e. The monoisotopic (exact) mass is 509 g/mol. The number of amides is 2. The molecule has 4 rings (SSSR count). The molecule has 2 amide bonds. The molecule has 0 fully saturated rings. The Bertz CT molecular complexity index is 1500. The SMILES string of the molecule is C=CCS(=O)(=O)Nc1ncc(-c2cc(-c3ccc(C)cn3)c3sc(N(CC)C(N)=O)nc3c2)cn1. The van der Waals surface area contributed by atoms with Crippen molar-refractivity contribution in [2.45, 2.75) is 13.8 Å². The quantitative estimate of drug-likeness (QED) is 0.342. The predicted molar refractivity (Wildman–Crippen MR) is 139 cm³/mol. The van der Waals surface area contributed by atoms with E-state index in [4.69, 9.17) is 5.73 Å². The van der Waals surface area contributed by atoms with Crippen LogP contribution >= 0.6 is 11.3 Å². The van der Waals surface area contributed by atoms with Gasteiger partial charge in [0.1, 0.15) is 0 Å². The van der Waals surface area contributed by atoms with Gasteiger partial charge in [-0.05, 0) is 43.2 Å². The van der Waals surface area contributed by atoms with Gasteiger partial charge in [0.05, 0.1) is 21.7 Å². The number of benzene rings is 1. The van der Waals surface area contributed by atoms with Crippen LogP contribution in [0.4, 0.5) is 15.9 Å². The molecule has 0 bridgehead atoms. The highest BCUT2D eigenvalue weighted by atomic mass is 32.2. The summed E-state index contributed by atoms with van der Waals surface area (Å²) >= 11 is 1.36. The minimum absolute atomic E-state index is 0.0342. The van der Waals surface area contributed by atoms with Crippen LogP contribution in [0.1, 0.15) is 12.5 Å². The van der Waals surface area contributed by atoms with Crippen LogP contribution in [0.2, 0.25) is 0 Å². The van der Waals surface area contributed by atoms with E-state index < -0.39 is 16.1 Å². The van der Waals surface area contributed by atoms with E-state index in [9.17, 15) is 13.2 Å². The Morgan fingerprint density at radius 3 is 2.51 bits per heavy atom. The van der Waals surface area contributed by atoms with E-state index >= 15 is 0 Å². The number of thiazole rings is 1. The molecule has 4 aromatic rings. The smallest absolute Gasteiger partial charge is 0.321 e. The molecule has 0 atom stereocenters. The Morgan fingerprint density at radius 1 is 1.17 bits per heavy atom. The highest BCUT2D eigenvalue weighted by Gasteiger charge is 2.19. The van der Waals surface area contributed by atoms with Gasteiger partial charge in [0.2, 0.25) is 16.0 Å². The lowest BCUT2D eigenvalue weighted by Crippen LogP contribution is -2.35. The molecule has 0 aliphatic carbocycles. The van der Waals surface area contributed by atoms with Gasteiger partial charge in [-0.25, -0.2) is 28.2 Å². The van der Waals surface area contributed by atoms with Gasteiger partial charge in [-0.3, -0.25) is 14.6 Å². The van der Waals surface area contributed by atoms with E-state index in [1.807, 2.05) is 38.1 Å². The van der Waals surface area contributed by atoms with Crippen molar-refractivity contribution in [3.8, 4) is 22.4 Å². The summed E-state index contributed by atoms with van der Waals surface area (Å²) in [6, 6.07) is 7.12. The first-order valence-electron chi connectivity index (χ1n) is 10.6. The standard InChI is InChI=1S/C23H23N7O3S2/c1-4-8-35(32,33)29-22-26-12-16(13-27-22)15-9-17(18-7-6-14(3)11-25-18)20-19(10-15)28-23(34-20)30(5-2)21(24)31/h4,6-7,9-13H,1,5,8H2,2-3H3,(H2,24,31)(H,26,27,29). The van der Waals surface area contributed by atoms with Crippen LogP contribution in [-0.4, -0.2) is 46.7 Å². The van der Waals surface area contributed by atoms with E-state index in [2.05, 4.69) is 31.2 Å². The molecule has 1 aromatic carbocycles. The first-order valence-corrected chi connectivity index (χ1v) is 13.1. The van der Waals surface area contributed by atoms with Gasteiger partial charge < -0.3 is 5.73 Å². The second kappa shape index (κ2) is 9.76. The summed E-state index contributed by atoms with van der Waals surface area (Å²) in [7, 11) is -3.60. The maximum absolute atomic E-state index is 11.9. The summed E-state index contributed by atoms with van der Waals surface area (Å²) in [5, 5.41) is 0.490. The lowest BCUT2D eigenvalue weighted by atomic mass is 10.0. The Hall–Kier alpha value is -3.90. The van der Waals surface area contributed by atoms with Crippen molar-refractivity contribution in [1.29, 1.82) is 0 Å². The highest BCUT2D eigenvalue weighted by Crippen LogP contribution is 2.39. The summed E-state index contributed by atoms with van der Waals surface area (Å²) < 4.78 is 27.1. The molecule has 0 saturated heterocycles. The van der Waals surface area contributed by atoms with Crippen molar-refractivity contribution in [2.75, 3.05) is 21.9 Å². The number of nitrogens with two attached hydrogens (primary N) is 1. The topological polar surface area (TPSA) is 144 Å². The number of hydrogen-bond donors (Lipinski definition) is 2. The van der Waals surface area contributed by atoms with Crippen molar-refractivity contribution >= 4 is 48.7 Å². The molecule has 0 saturated carbocycles. The molecule has 180 valence electrons. The van der Waals surface area contributed by atoms with Crippen molar-refractivity contribution in [1.82, 2.24) is 19.9 Å². The second-order valence-corrected chi connectivity index (χ2v) is 10.4. The normalized spacial score (nSPS) is 11.4. The van der Waals surface area contributed by atoms with Gasteiger partial charge in [0.15, 0.2) is 5.13 Å². The maximum Gasteiger partial charge on any atom is 0.321 e. The zero-order valence-corrected chi connectivity index (χ0v) is 20.7. The number of nitrogens with zero attached hydrogens (tertiary/aromatic N) is 5. The Labute approximate surface area is 206 Å². The number of aryl methyl sites for hydroxylation is 1. The maximum atomic E-state index is 11.9. The minimum Gasteiger partial charge on any atom is -0.351 e. The van der Waals surface area contributed by atoms with Gasteiger partial charge in [0.25, 0.3) is 0 Å². The van der Waals surface area contributed by atoms with E-state index in [-0.39, 0.29) is 11.7 Å². The number of sulfonamides is 1. The van der Waals surface area contributed by atoms with Crippen LogP contribution in [-0.2, 0) is 10.0 Å². The molecule has 0 aliphatic rings. The van der Waals surface area contributed by atoms with Crippen LogP contribution in [0, 0.1) is 6.92 Å². The fourth-order valence-corrected chi connectivity index (χ4v) is 5.29. The number of nitrogens with one attached hydrogen (secondary N) is 1. The molecule has 3 heterocycles. The fourth-order valence-electron chi connectivity index (χ4n) is 3.37. The number of rotatable bonds is 8. The second-order valence-electron chi connectivity index (χ2n) is 7.64. The average Bonchev–Trinajstić information content (AvgIpc) is 3.23. The molecule has 35 heavy (non-hydrogen) atoms. The third-order valence-electron chi connectivity index (χ3n) is 5.05. The van der Waals surface area contributed by atoms with Crippen LogP contribution < -0.4 is 15.4 Å². The number of fused-ring (bicyclic) bond motifs is 1. The van der Waals surface area contributed by atoms with E-state index in [1.54, 1.807) is 6.20 Å². The van der Waals surface area contributed by atoms with Crippen LogP contribution in [0.3, 0.4) is 0 Å². The summed E-state index contributed by atoms with van der Waals surface area (Å²) in [5.41, 5.74) is 10.2. The zero-order chi connectivity index (χ0) is 25.2. The van der Waals surface area contributed by atoms with Crippen molar-refractivity contribution in [3.05, 3.63) is 61.1 Å². The summed E-state index contributed by atoms with van der Waals surface area (Å²) in [5.74, 6) is -0.276. The predicted octanol–water partition coefficient (Wildman–Crippen LogP) is 3.96. The molecule has 10 nitrogen and oxygen atoms in total. The van der Waals surface area contributed by atoms with E-state index in [0.717, 1.165) is 27.1 Å². The molecule has 3 aromatic heterocycles. The highest BCUT2D eigenvalue weighted by molar-refractivity contribution is 7.92. The van der Waals surface area contributed by atoms with Gasteiger partial charge >= 0.3 is 6.03 Å². The number of anilines is 2. The lowest BCUT2D eigenvalue weighted by Gasteiger charge is -2.13. The number of urea groups is 1. The van der Waals surface area contributed by atoms with E-state index in [0.29, 0.717) is 22.8 Å². The molecule has 0 aliphatic heterocycles. The number of carbonyl (C=O) groups excluding carboxylic acids is 1. The number of aromatic nitrogens is 4. The lowest BCUT2D eigenvalue weighted by molar-refractivity contribution is 0.254. The third-order valence-corrected chi connectivity index (χ3v) is 7.34. The van der Waals surface area contributed by atoms with Crippen molar-refractivity contribution in [2.24, 2.45) is 5.73 Å². The van der Waals surface area contributed by atoms with Crippen molar-refractivity contribution in [3.63, 3.8) is 0 Å².